The monoisotopic (exact) mass is 519 g/mol. The van der Waals surface area contributed by atoms with Gasteiger partial charge in [-0.05, 0) is 25.3 Å². The number of aromatic nitrogens is 3. The summed E-state index contributed by atoms with van der Waals surface area (Å²) in [5.74, 6) is 2.55. The van der Waals surface area contributed by atoms with Gasteiger partial charge in [0.25, 0.3) is 0 Å². The summed E-state index contributed by atoms with van der Waals surface area (Å²) >= 11 is 1.80. The Bertz CT molecular complexity index is 728. The zero-order chi connectivity index (χ0) is 19.1. The van der Waals surface area contributed by atoms with E-state index >= 15 is 0 Å². The number of aliphatic imine (C=N–C) groups is 1. The van der Waals surface area contributed by atoms with Crippen LogP contribution in [-0.4, -0.2) is 65.0 Å². The topological polar surface area (TPSA) is 79.6 Å². The molecule has 0 bridgehead atoms. The van der Waals surface area contributed by atoms with Crippen LogP contribution in [-0.2, 0) is 18.3 Å². The lowest BCUT2D eigenvalue weighted by Crippen LogP contribution is -2.46. The van der Waals surface area contributed by atoms with E-state index in [0.29, 0.717) is 12.6 Å². The summed E-state index contributed by atoms with van der Waals surface area (Å²) in [5.41, 5.74) is 0. The van der Waals surface area contributed by atoms with Crippen molar-refractivity contribution < 1.29 is 4.74 Å². The Kier molecular flexibility index (Phi) is 9.62. The lowest BCUT2D eigenvalue weighted by atomic mass is 10.2. The molecule has 28 heavy (non-hydrogen) atoms. The van der Waals surface area contributed by atoms with Crippen LogP contribution in [0.5, 0.6) is 0 Å². The third-order valence-electron chi connectivity index (χ3n) is 4.73. The normalized spacial score (nSPS) is 16.5. The maximum atomic E-state index is 5.52. The predicted molar refractivity (Wildman–Crippen MR) is 123 cm³/mol. The zero-order valence-electron chi connectivity index (χ0n) is 16.7. The van der Waals surface area contributed by atoms with E-state index in [1.807, 2.05) is 18.5 Å². The van der Waals surface area contributed by atoms with Gasteiger partial charge in [0.1, 0.15) is 12.4 Å². The molecule has 0 radical (unpaired) electrons. The second kappa shape index (κ2) is 11.7. The molecule has 0 aliphatic carbocycles. The molecule has 0 spiro atoms. The standard InChI is InChI=1S/C18H29N7OS.HI/c1-4-19-18(21-13-17-23-22-14(2)24(17)3)20-12-15(16-6-5-11-27-16)25-7-9-26-10-8-25;/h5-6,11,15H,4,7-10,12-13H2,1-3H3,(H2,19,20,21);1H. The fraction of sp³-hybridized carbons (Fsp3) is 0.611. The molecule has 1 fully saturated rings. The van der Waals surface area contributed by atoms with Crippen molar-refractivity contribution in [2.24, 2.45) is 12.0 Å². The second-order valence-electron chi connectivity index (χ2n) is 6.48. The highest BCUT2D eigenvalue weighted by Crippen LogP contribution is 2.25. The second-order valence-corrected chi connectivity index (χ2v) is 7.46. The van der Waals surface area contributed by atoms with Crippen molar-refractivity contribution in [1.29, 1.82) is 0 Å². The van der Waals surface area contributed by atoms with Crippen LogP contribution < -0.4 is 10.6 Å². The van der Waals surface area contributed by atoms with Crippen molar-refractivity contribution in [1.82, 2.24) is 30.3 Å². The minimum absolute atomic E-state index is 0. The van der Waals surface area contributed by atoms with Gasteiger partial charge >= 0.3 is 0 Å². The Morgan fingerprint density at radius 3 is 2.71 bits per heavy atom. The van der Waals surface area contributed by atoms with Gasteiger partial charge in [-0.2, -0.15) is 0 Å². The van der Waals surface area contributed by atoms with Crippen LogP contribution in [0.15, 0.2) is 22.5 Å². The molecule has 156 valence electrons. The number of nitrogens with zero attached hydrogens (tertiary/aromatic N) is 5. The number of morpholine rings is 1. The first-order valence-electron chi connectivity index (χ1n) is 9.41. The van der Waals surface area contributed by atoms with E-state index in [2.05, 4.69) is 55.2 Å². The summed E-state index contributed by atoms with van der Waals surface area (Å²) in [6.07, 6.45) is 0. The third kappa shape index (κ3) is 6.13. The Morgan fingerprint density at radius 1 is 1.32 bits per heavy atom. The molecule has 0 saturated carbocycles. The maximum absolute atomic E-state index is 5.52. The highest BCUT2D eigenvalue weighted by atomic mass is 127. The van der Waals surface area contributed by atoms with Gasteiger partial charge in [-0.3, -0.25) is 4.90 Å². The lowest BCUT2D eigenvalue weighted by molar-refractivity contribution is 0.0177. The molecule has 3 heterocycles. The van der Waals surface area contributed by atoms with E-state index in [4.69, 9.17) is 4.74 Å². The van der Waals surface area contributed by atoms with Crippen LogP contribution >= 0.6 is 35.3 Å². The SMILES string of the molecule is CCNC(=NCc1nnc(C)n1C)NCC(c1cccs1)N1CCOCC1.I. The van der Waals surface area contributed by atoms with Crippen molar-refractivity contribution in [3.8, 4) is 0 Å². The highest BCUT2D eigenvalue weighted by Gasteiger charge is 2.23. The minimum atomic E-state index is 0. The summed E-state index contributed by atoms with van der Waals surface area (Å²) in [5, 5.41) is 17.3. The number of thiophene rings is 1. The Labute approximate surface area is 187 Å². The van der Waals surface area contributed by atoms with E-state index in [9.17, 15) is 0 Å². The van der Waals surface area contributed by atoms with Crippen molar-refractivity contribution >= 4 is 41.3 Å². The van der Waals surface area contributed by atoms with Crippen molar-refractivity contribution in [2.45, 2.75) is 26.4 Å². The minimum Gasteiger partial charge on any atom is -0.379 e. The first-order valence-corrected chi connectivity index (χ1v) is 10.3. The molecule has 10 heteroatoms. The number of guanidine groups is 1. The molecule has 1 saturated heterocycles. The van der Waals surface area contributed by atoms with Crippen molar-refractivity contribution in [3.63, 3.8) is 0 Å². The molecule has 1 atom stereocenters. The number of aryl methyl sites for hydroxylation is 1. The highest BCUT2D eigenvalue weighted by molar-refractivity contribution is 14.0. The average molecular weight is 519 g/mol. The molecule has 1 unspecified atom stereocenters. The van der Waals surface area contributed by atoms with Gasteiger partial charge in [-0.15, -0.1) is 45.5 Å². The van der Waals surface area contributed by atoms with Gasteiger partial charge in [-0.1, -0.05) is 6.07 Å². The largest absolute Gasteiger partial charge is 0.379 e. The lowest BCUT2D eigenvalue weighted by Gasteiger charge is -2.34. The Hall–Kier alpha value is -1.24. The van der Waals surface area contributed by atoms with Gasteiger partial charge in [0.05, 0.1) is 19.3 Å². The van der Waals surface area contributed by atoms with Crippen LogP contribution in [0.2, 0.25) is 0 Å². The Balaban J connectivity index is 0.00000280. The van der Waals surface area contributed by atoms with Gasteiger partial charge in [0, 0.05) is 38.1 Å². The number of halogens is 1. The van der Waals surface area contributed by atoms with Gasteiger partial charge in [0.2, 0.25) is 0 Å². The van der Waals surface area contributed by atoms with Gasteiger partial charge in [0.15, 0.2) is 11.8 Å². The molecule has 1 aliphatic heterocycles. The molecular formula is C18H30IN7OS. The molecule has 0 aromatic carbocycles. The summed E-state index contributed by atoms with van der Waals surface area (Å²) in [6, 6.07) is 4.64. The molecule has 2 N–H and O–H groups in total. The fourth-order valence-electron chi connectivity index (χ4n) is 3.05. The van der Waals surface area contributed by atoms with Crippen LogP contribution in [0, 0.1) is 6.92 Å². The first-order chi connectivity index (χ1) is 13.2. The van der Waals surface area contributed by atoms with Crippen LogP contribution in [0.1, 0.15) is 29.5 Å². The fourth-order valence-corrected chi connectivity index (χ4v) is 3.91. The third-order valence-corrected chi connectivity index (χ3v) is 5.70. The van der Waals surface area contributed by atoms with Crippen molar-refractivity contribution in [3.05, 3.63) is 34.0 Å². The summed E-state index contributed by atoms with van der Waals surface area (Å²) in [7, 11) is 1.96. The zero-order valence-corrected chi connectivity index (χ0v) is 19.9. The molecule has 3 rings (SSSR count). The number of nitrogens with one attached hydrogen (secondary N) is 2. The van der Waals surface area contributed by atoms with Crippen LogP contribution in [0.25, 0.3) is 0 Å². The quantitative estimate of drug-likeness (QED) is 0.331. The van der Waals surface area contributed by atoms with Crippen LogP contribution in [0.3, 0.4) is 0 Å². The molecule has 2 aromatic heterocycles. The number of rotatable bonds is 7. The van der Waals surface area contributed by atoms with E-state index in [1.54, 1.807) is 11.3 Å². The molecule has 2 aromatic rings. The van der Waals surface area contributed by atoms with Crippen molar-refractivity contribution in [2.75, 3.05) is 39.4 Å². The maximum Gasteiger partial charge on any atom is 0.191 e. The number of ether oxygens (including phenoxy) is 1. The summed E-state index contributed by atoms with van der Waals surface area (Å²) in [6.45, 7) is 9.61. The van der Waals surface area contributed by atoms with E-state index < -0.39 is 0 Å². The number of hydrogen-bond donors (Lipinski definition) is 2. The molecule has 1 aliphatic rings. The van der Waals surface area contributed by atoms with E-state index in [1.165, 1.54) is 4.88 Å². The first kappa shape index (κ1) is 23.0. The van der Waals surface area contributed by atoms with Gasteiger partial charge < -0.3 is 19.9 Å². The molecular weight excluding hydrogens is 489 g/mol. The Morgan fingerprint density at radius 2 is 2.11 bits per heavy atom. The van der Waals surface area contributed by atoms with Gasteiger partial charge in [-0.25, -0.2) is 4.99 Å². The molecule has 0 amide bonds. The summed E-state index contributed by atoms with van der Waals surface area (Å²) < 4.78 is 7.49. The van der Waals surface area contributed by atoms with E-state index in [-0.39, 0.29) is 24.0 Å². The average Bonchev–Trinajstić information content (AvgIpc) is 3.32. The predicted octanol–water partition coefficient (Wildman–Crippen LogP) is 1.93. The number of hydrogen-bond acceptors (Lipinski definition) is 6. The van der Waals surface area contributed by atoms with E-state index in [0.717, 1.165) is 57.0 Å². The summed E-state index contributed by atoms with van der Waals surface area (Å²) in [4.78, 5) is 8.54. The smallest absolute Gasteiger partial charge is 0.191 e. The van der Waals surface area contributed by atoms with Crippen LogP contribution in [0.4, 0.5) is 0 Å². The molecule has 8 nitrogen and oxygen atoms in total.